The van der Waals surface area contributed by atoms with Crippen molar-refractivity contribution in [3.8, 4) is 0 Å². The van der Waals surface area contributed by atoms with Gasteiger partial charge in [-0.05, 0) is 57.1 Å². The molecular weight excluding hydrogens is 246 g/mol. The summed E-state index contributed by atoms with van der Waals surface area (Å²) in [6.45, 7) is 11.1. The summed E-state index contributed by atoms with van der Waals surface area (Å²) >= 11 is 0. The molecule has 0 bridgehead atoms. The highest BCUT2D eigenvalue weighted by Crippen LogP contribution is 2.30. The Kier molecular flexibility index (Phi) is 5.27. The van der Waals surface area contributed by atoms with Crippen molar-refractivity contribution in [2.24, 2.45) is 11.8 Å². The second-order valence-electron chi connectivity index (χ2n) is 6.34. The van der Waals surface area contributed by atoms with Crippen molar-refractivity contribution >= 4 is 11.5 Å². The quantitative estimate of drug-likeness (QED) is 0.874. The van der Waals surface area contributed by atoms with Crippen LogP contribution in [0.3, 0.4) is 0 Å². The van der Waals surface area contributed by atoms with E-state index in [-0.39, 0.29) is 0 Å². The van der Waals surface area contributed by atoms with Gasteiger partial charge in [0.2, 0.25) is 0 Å². The minimum atomic E-state index is 0.606. The SMILES string of the molecule is CCN(CC)c1ccc(NC2CC(C)CC(C)C2)cn1. The van der Waals surface area contributed by atoms with Crippen LogP contribution in [0.5, 0.6) is 0 Å². The summed E-state index contributed by atoms with van der Waals surface area (Å²) in [5.74, 6) is 2.74. The first-order chi connectivity index (χ1) is 9.62. The third-order valence-corrected chi connectivity index (χ3v) is 4.38. The molecule has 0 amide bonds. The molecule has 0 aromatic carbocycles. The molecule has 112 valence electrons. The van der Waals surface area contributed by atoms with E-state index in [1.54, 1.807) is 0 Å². The van der Waals surface area contributed by atoms with Crippen LogP contribution >= 0.6 is 0 Å². The summed E-state index contributed by atoms with van der Waals surface area (Å²) in [6, 6.07) is 4.91. The van der Waals surface area contributed by atoms with Crippen molar-refractivity contribution in [3.63, 3.8) is 0 Å². The zero-order valence-corrected chi connectivity index (χ0v) is 13.4. The second-order valence-corrected chi connectivity index (χ2v) is 6.34. The Morgan fingerprint density at radius 2 is 1.75 bits per heavy atom. The Hall–Kier alpha value is -1.25. The molecule has 1 aromatic rings. The van der Waals surface area contributed by atoms with Gasteiger partial charge in [-0.2, -0.15) is 0 Å². The van der Waals surface area contributed by atoms with Crippen LogP contribution in [0.4, 0.5) is 11.5 Å². The zero-order valence-electron chi connectivity index (χ0n) is 13.4. The number of pyridine rings is 1. The molecule has 2 unspecified atom stereocenters. The number of rotatable bonds is 5. The topological polar surface area (TPSA) is 28.2 Å². The average Bonchev–Trinajstić information content (AvgIpc) is 2.41. The first kappa shape index (κ1) is 15.1. The van der Waals surface area contributed by atoms with Gasteiger partial charge in [0, 0.05) is 19.1 Å². The predicted molar refractivity (Wildman–Crippen MR) is 87.4 cm³/mol. The molecule has 3 heteroatoms. The van der Waals surface area contributed by atoms with E-state index in [9.17, 15) is 0 Å². The number of nitrogens with one attached hydrogen (secondary N) is 1. The molecule has 0 aliphatic heterocycles. The third-order valence-electron chi connectivity index (χ3n) is 4.38. The number of aromatic nitrogens is 1. The van der Waals surface area contributed by atoms with Crippen molar-refractivity contribution < 1.29 is 0 Å². The van der Waals surface area contributed by atoms with Crippen LogP contribution in [-0.4, -0.2) is 24.1 Å². The van der Waals surface area contributed by atoms with Crippen LogP contribution in [0, 0.1) is 11.8 Å². The lowest BCUT2D eigenvalue weighted by molar-refractivity contribution is 0.281. The molecule has 20 heavy (non-hydrogen) atoms. The van der Waals surface area contributed by atoms with Crippen molar-refractivity contribution in [1.29, 1.82) is 0 Å². The van der Waals surface area contributed by atoms with Gasteiger partial charge in [-0.15, -0.1) is 0 Å². The van der Waals surface area contributed by atoms with Gasteiger partial charge < -0.3 is 10.2 Å². The van der Waals surface area contributed by atoms with E-state index in [0.29, 0.717) is 6.04 Å². The van der Waals surface area contributed by atoms with Crippen LogP contribution < -0.4 is 10.2 Å². The van der Waals surface area contributed by atoms with Gasteiger partial charge in [-0.1, -0.05) is 13.8 Å². The molecule has 3 nitrogen and oxygen atoms in total. The highest BCUT2D eigenvalue weighted by Gasteiger charge is 2.23. The van der Waals surface area contributed by atoms with Gasteiger partial charge in [0.25, 0.3) is 0 Å². The second kappa shape index (κ2) is 6.96. The first-order valence-electron chi connectivity index (χ1n) is 8.09. The smallest absolute Gasteiger partial charge is 0.128 e. The van der Waals surface area contributed by atoms with Crippen LogP contribution in [0.2, 0.25) is 0 Å². The number of anilines is 2. The molecule has 0 spiro atoms. The summed E-state index contributed by atoms with van der Waals surface area (Å²) in [4.78, 5) is 6.86. The lowest BCUT2D eigenvalue weighted by Gasteiger charge is -2.32. The summed E-state index contributed by atoms with van der Waals surface area (Å²) < 4.78 is 0. The molecule has 1 N–H and O–H groups in total. The molecule has 0 radical (unpaired) electrons. The molecule has 2 rings (SSSR count). The maximum Gasteiger partial charge on any atom is 0.128 e. The van der Waals surface area contributed by atoms with Gasteiger partial charge in [-0.25, -0.2) is 4.98 Å². The molecule has 1 saturated carbocycles. The third kappa shape index (κ3) is 3.87. The fourth-order valence-electron chi connectivity index (χ4n) is 3.51. The van der Waals surface area contributed by atoms with Gasteiger partial charge in [0.05, 0.1) is 11.9 Å². The normalized spacial score (nSPS) is 26.3. The molecule has 1 heterocycles. The lowest BCUT2D eigenvalue weighted by Crippen LogP contribution is -2.30. The van der Waals surface area contributed by atoms with Crippen molar-refractivity contribution in [1.82, 2.24) is 4.98 Å². The Balaban J connectivity index is 1.96. The van der Waals surface area contributed by atoms with Gasteiger partial charge >= 0.3 is 0 Å². The van der Waals surface area contributed by atoms with E-state index in [0.717, 1.165) is 36.4 Å². The Labute approximate surface area is 123 Å². The Morgan fingerprint density at radius 3 is 2.25 bits per heavy atom. The maximum absolute atomic E-state index is 4.59. The van der Waals surface area contributed by atoms with Crippen LogP contribution in [0.1, 0.15) is 47.0 Å². The molecular formula is C17H29N3. The summed E-state index contributed by atoms with van der Waals surface area (Å²) in [7, 11) is 0. The minimum absolute atomic E-state index is 0.606. The lowest BCUT2D eigenvalue weighted by atomic mass is 9.80. The van der Waals surface area contributed by atoms with E-state index in [4.69, 9.17) is 0 Å². The number of hydrogen-bond donors (Lipinski definition) is 1. The zero-order chi connectivity index (χ0) is 14.5. The molecule has 1 fully saturated rings. The van der Waals surface area contributed by atoms with E-state index in [1.165, 1.54) is 19.3 Å². The van der Waals surface area contributed by atoms with Crippen LogP contribution in [0.25, 0.3) is 0 Å². The van der Waals surface area contributed by atoms with E-state index in [2.05, 4.69) is 55.0 Å². The monoisotopic (exact) mass is 275 g/mol. The molecule has 1 aromatic heterocycles. The van der Waals surface area contributed by atoms with E-state index in [1.807, 2.05) is 6.20 Å². The standard InChI is InChI=1S/C17H29N3/c1-5-20(6-2)17-8-7-15(12-18-17)19-16-10-13(3)9-14(4)11-16/h7-8,12-14,16,19H,5-6,9-11H2,1-4H3. The molecule has 1 aliphatic rings. The van der Waals surface area contributed by atoms with Crippen molar-refractivity contribution in [3.05, 3.63) is 18.3 Å². The fraction of sp³-hybridized carbons (Fsp3) is 0.706. The first-order valence-corrected chi connectivity index (χ1v) is 8.09. The fourth-order valence-corrected chi connectivity index (χ4v) is 3.51. The summed E-state index contributed by atoms with van der Waals surface area (Å²) in [5.41, 5.74) is 1.16. The molecule has 0 saturated heterocycles. The van der Waals surface area contributed by atoms with Gasteiger partial charge in [0.15, 0.2) is 0 Å². The average molecular weight is 275 g/mol. The van der Waals surface area contributed by atoms with Gasteiger partial charge in [0.1, 0.15) is 5.82 Å². The van der Waals surface area contributed by atoms with E-state index < -0.39 is 0 Å². The highest BCUT2D eigenvalue weighted by molar-refractivity contribution is 5.49. The number of nitrogens with zero attached hydrogens (tertiary/aromatic N) is 2. The largest absolute Gasteiger partial charge is 0.381 e. The van der Waals surface area contributed by atoms with Gasteiger partial charge in [-0.3, -0.25) is 0 Å². The Bertz CT molecular complexity index is 387. The molecule has 2 atom stereocenters. The van der Waals surface area contributed by atoms with Crippen LogP contribution in [0.15, 0.2) is 18.3 Å². The maximum atomic E-state index is 4.59. The molecule has 1 aliphatic carbocycles. The Morgan fingerprint density at radius 1 is 1.10 bits per heavy atom. The summed E-state index contributed by atoms with van der Waals surface area (Å²) in [6.07, 6.45) is 5.92. The highest BCUT2D eigenvalue weighted by atomic mass is 15.2. The minimum Gasteiger partial charge on any atom is -0.381 e. The van der Waals surface area contributed by atoms with Crippen molar-refractivity contribution in [2.45, 2.75) is 53.0 Å². The van der Waals surface area contributed by atoms with Crippen molar-refractivity contribution in [2.75, 3.05) is 23.3 Å². The number of hydrogen-bond acceptors (Lipinski definition) is 3. The summed E-state index contributed by atoms with van der Waals surface area (Å²) in [5, 5.41) is 3.66. The van der Waals surface area contributed by atoms with Crippen LogP contribution in [-0.2, 0) is 0 Å². The van der Waals surface area contributed by atoms with E-state index >= 15 is 0 Å². The predicted octanol–water partition coefficient (Wildman–Crippen LogP) is 4.16.